The summed E-state index contributed by atoms with van der Waals surface area (Å²) in [4.78, 5) is 52.5. The molecule has 0 saturated heterocycles. The summed E-state index contributed by atoms with van der Waals surface area (Å²) in [7, 11) is 0. The molecule has 57 heavy (non-hydrogen) atoms. The molecule has 6 aliphatic rings. The number of aliphatic carboxylic acids is 1. The van der Waals surface area contributed by atoms with E-state index in [-0.39, 0.29) is 62.3 Å². The van der Waals surface area contributed by atoms with Crippen molar-refractivity contribution in [3.8, 4) is 0 Å². The Morgan fingerprint density at radius 1 is 0.842 bits per heavy atom. The molecule has 0 heterocycles. The normalized spacial score (nSPS) is 39.3. The fourth-order valence-electron chi connectivity index (χ4n) is 14.5. The molecule has 2 N–H and O–H groups in total. The number of amides is 1. The molecule has 1 aromatic rings. The lowest BCUT2D eigenvalue weighted by Gasteiger charge is -2.72. The molecule has 7 rings (SSSR count). The summed E-state index contributed by atoms with van der Waals surface area (Å²) in [6.07, 6.45) is 4.43. The van der Waals surface area contributed by atoms with Crippen LogP contribution < -0.4 is 5.32 Å². The highest BCUT2D eigenvalue weighted by atomic mass is 19.4. The van der Waals surface area contributed by atoms with Crippen molar-refractivity contribution in [1.82, 2.24) is 5.32 Å². The largest absolute Gasteiger partial charge is 0.481 e. The van der Waals surface area contributed by atoms with Gasteiger partial charge in [0, 0.05) is 29.4 Å². The van der Waals surface area contributed by atoms with E-state index in [1.807, 2.05) is 13.8 Å². The summed E-state index contributed by atoms with van der Waals surface area (Å²) in [5.74, 6) is -1.11. The molecule has 6 aliphatic carbocycles. The Balaban J connectivity index is 1.10. The molecule has 1 aromatic carbocycles. The van der Waals surface area contributed by atoms with Crippen molar-refractivity contribution in [1.29, 1.82) is 0 Å². The van der Waals surface area contributed by atoms with E-state index in [0.29, 0.717) is 37.6 Å². The second-order valence-electron chi connectivity index (χ2n) is 21.3. The maximum atomic E-state index is 14.0. The minimum atomic E-state index is -4.47. The number of hydrogen-bond acceptors (Lipinski definition) is 5. The summed E-state index contributed by atoms with van der Waals surface area (Å²) in [6, 6.07) is 4.30. The van der Waals surface area contributed by atoms with Gasteiger partial charge in [0.1, 0.15) is 6.10 Å². The maximum Gasteiger partial charge on any atom is 0.416 e. The van der Waals surface area contributed by atoms with Gasteiger partial charge in [0.2, 0.25) is 0 Å². The zero-order valence-electron chi connectivity index (χ0n) is 35.5. The number of nitrogens with one attached hydrogen (secondary N) is 1. The third-order valence-electron chi connectivity index (χ3n) is 18.0. The first kappa shape index (κ1) is 42.0. The van der Waals surface area contributed by atoms with Crippen molar-refractivity contribution >= 4 is 23.6 Å². The van der Waals surface area contributed by atoms with Crippen LogP contribution in [0.3, 0.4) is 0 Å². The lowest BCUT2D eigenvalue weighted by Crippen LogP contribution is -2.66. The first-order chi connectivity index (χ1) is 26.3. The number of hydrogen-bond donors (Lipinski definition) is 2. The number of ether oxygens (including phenoxy) is 1. The van der Waals surface area contributed by atoms with Crippen LogP contribution in [0, 0.1) is 68.0 Å². The first-order valence-electron chi connectivity index (χ1n) is 21.5. The van der Waals surface area contributed by atoms with Gasteiger partial charge in [0.25, 0.3) is 5.91 Å². The predicted molar refractivity (Wildman–Crippen MR) is 211 cm³/mol. The molecular weight excluding hydrogens is 732 g/mol. The summed E-state index contributed by atoms with van der Waals surface area (Å²) < 4.78 is 45.8. The molecular formula is C47H64F3NO6. The first-order valence-corrected chi connectivity index (χ1v) is 21.5. The number of alkyl halides is 3. The quantitative estimate of drug-likeness (QED) is 0.254. The Bertz CT molecular complexity index is 1860. The average molecular weight is 796 g/mol. The number of ketones is 1. The van der Waals surface area contributed by atoms with E-state index in [1.54, 1.807) is 0 Å². The second kappa shape index (κ2) is 13.7. The number of carbonyl (C=O) groups is 4. The highest BCUT2D eigenvalue weighted by Gasteiger charge is 2.70. The van der Waals surface area contributed by atoms with Gasteiger partial charge in [0.05, 0.1) is 17.4 Å². The number of esters is 1. The lowest BCUT2D eigenvalue weighted by molar-refractivity contribution is -0.236. The van der Waals surface area contributed by atoms with E-state index in [9.17, 15) is 37.5 Å². The number of carboxylic acid groups (broad SMARTS) is 1. The molecule has 1 amide bonds. The Kier molecular flexibility index (Phi) is 10.1. The van der Waals surface area contributed by atoms with Crippen LogP contribution in [0.5, 0.6) is 0 Å². The lowest BCUT2D eigenvalue weighted by atomic mass is 9.33. The topological polar surface area (TPSA) is 110 Å². The van der Waals surface area contributed by atoms with Crippen LogP contribution in [0.2, 0.25) is 0 Å². The molecule has 10 heteroatoms. The zero-order chi connectivity index (χ0) is 41.9. The van der Waals surface area contributed by atoms with E-state index >= 15 is 0 Å². The fourth-order valence-corrected chi connectivity index (χ4v) is 14.5. The number of benzene rings is 1. The molecule has 0 unspecified atom stereocenters. The third kappa shape index (κ3) is 6.25. The molecule has 5 fully saturated rings. The molecule has 7 nitrogen and oxygen atoms in total. The van der Waals surface area contributed by atoms with Crippen LogP contribution in [0.15, 0.2) is 35.4 Å². The Morgan fingerprint density at radius 3 is 2.11 bits per heavy atom. The number of fused-ring (bicyclic) bond motifs is 7. The van der Waals surface area contributed by atoms with Crippen LogP contribution in [-0.2, 0) is 25.3 Å². The zero-order valence-corrected chi connectivity index (χ0v) is 35.5. The van der Waals surface area contributed by atoms with Crippen molar-refractivity contribution in [2.24, 2.45) is 68.0 Å². The third-order valence-corrected chi connectivity index (χ3v) is 18.0. The van der Waals surface area contributed by atoms with E-state index in [1.165, 1.54) is 17.7 Å². The van der Waals surface area contributed by atoms with Gasteiger partial charge >= 0.3 is 18.1 Å². The minimum absolute atomic E-state index is 0.0201. The van der Waals surface area contributed by atoms with Gasteiger partial charge in [-0.1, -0.05) is 67.9 Å². The molecule has 0 aromatic heterocycles. The van der Waals surface area contributed by atoms with Gasteiger partial charge in [-0.2, -0.15) is 13.2 Å². The number of carbonyl (C=O) groups excluding carboxylic acids is 3. The van der Waals surface area contributed by atoms with E-state index < -0.39 is 40.9 Å². The number of carboxylic acids is 1. The van der Waals surface area contributed by atoms with Crippen LogP contribution in [0.4, 0.5) is 13.2 Å². The fraction of sp³-hybridized carbons (Fsp3) is 0.745. The standard InChI is InChI=1S/C47H64F3NO6/c1-26(2)36-32(52)25-46(22-23-51-38(53)27-10-12-28(13-11-27)47(48,49)50)21-20-44(8)29(37(36)46)14-15-34-43(7)18-17-35(42(5,6)33(43)16-19-45(34,44)9)57-40(56)31-24-30(39(54)55)41(31,3)4/h10-13,26,29-31,33-35H,14-25H2,1-9H3,(H,51,53)(H,54,55)/t29-,30+,31-,33+,34-,35+,43+,44-,45-,46-/m1/s1. The molecule has 10 atom stereocenters. The van der Waals surface area contributed by atoms with Crippen molar-refractivity contribution in [3.63, 3.8) is 0 Å². The highest BCUT2D eigenvalue weighted by molar-refractivity contribution is 6.00. The molecule has 0 bridgehead atoms. The minimum Gasteiger partial charge on any atom is -0.481 e. The number of halogens is 3. The van der Waals surface area contributed by atoms with Crippen molar-refractivity contribution in [2.45, 2.75) is 145 Å². The van der Waals surface area contributed by atoms with Gasteiger partial charge in [-0.05, 0) is 139 Å². The predicted octanol–water partition coefficient (Wildman–Crippen LogP) is 10.5. The van der Waals surface area contributed by atoms with Gasteiger partial charge in [-0.25, -0.2) is 0 Å². The number of rotatable bonds is 8. The SMILES string of the molecule is CC(C)C1=C2[C@H]3CC[C@@H]4[C@@]5(C)CC[C@H](OC(=O)[C@H]6C[C@@H](C(=O)O)C6(C)C)C(C)(C)[C@@H]5CC[C@@]4(C)[C@]3(C)CC[C@@]2(CCNC(=O)c2ccc(C(F)(F)F)cc2)CC1=O. The van der Waals surface area contributed by atoms with Gasteiger partial charge < -0.3 is 15.2 Å². The van der Waals surface area contributed by atoms with E-state index in [2.05, 4.69) is 53.8 Å². The molecule has 0 aliphatic heterocycles. The monoisotopic (exact) mass is 795 g/mol. The van der Waals surface area contributed by atoms with Gasteiger partial charge in [-0.15, -0.1) is 0 Å². The maximum absolute atomic E-state index is 14.0. The summed E-state index contributed by atoms with van der Waals surface area (Å²) in [5, 5.41) is 12.6. The number of Topliss-reactive ketones (excluding diaryl/α,β-unsaturated/α-hetero) is 1. The average Bonchev–Trinajstić information content (AvgIpc) is 3.41. The summed E-state index contributed by atoms with van der Waals surface area (Å²) in [5.41, 5.74) is 0.483. The smallest absolute Gasteiger partial charge is 0.416 e. The summed E-state index contributed by atoms with van der Waals surface area (Å²) in [6.45, 7) is 20.4. The molecule has 5 saturated carbocycles. The van der Waals surface area contributed by atoms with Crippen molar-refractivity contribution in [2.75, 3.05) is 6.54 Å². The van der Waals surface area contributed by atoms with Crippen molar-refractivity contribution < 1.29 is 42.2 Å². The van der Waals surface area contributed by atoms with E-state index in [4.69, 9.17) is 4.74 Å². The van der Waals surface area contributed by atoms with Gasteiger partial charge in [0.15, 0.2) is 5.78 Å². The summed E-state index contributed by atoms with van der Waals surface area (Å²) >= 11 is 0. The van der Waals surface area contributed by atoms with Crippen LogP contribution in [0.25, 0.3) is 0 Å². The highest BCUT2D eigenvalue weighted by Crippen LogP contribution is 2.77. The van der Waals surface area contributed by atoms with Crippen LogP contribution in [0.1, 0.15) is 149 Å². The van der Waals surface area contributed by atoms with E-state index in [0.717, 1.165) is 69.1 Å². The molecule has 0 spiro atoms. The van der Waals surface area contributed by atoms with Crippen molar-refractivity contribution in [3.05, 3.63) is 46.5 Å². The molecule has 314 valence electrons. The van der Waals surface area contributed by atoms with Crippen LogP contribution in [-0.4, -0.2) is 41.4 Å². The van der Waals surface area contributed by atoms with Crippen LogP contribution >= 0.6 is 0 Å². The Hall–Kier alpha value is -3.17. The molecule has 0 radical (unpaired) electrons. The number of allylic oxidation sites excluding steroid dienone is 2. The second-order valence-corrected chi connectivity index (χ2v) is 21.3. The van der Waals surface area contributed by atoms with Gasteiger partial charge in [-0.3, -0.25) is 19.2 Å². The Morgan fingerprint density at radius 2 is 1.51 bits per heavy atom. The Labute approximate surface area is 336 Å².